The maximum atomic E-state index is 12.9. The van der Waals surface area contributed by atoms with E-state index in [2.05, 4.69) is 10.2 Å². The zero-order valence-electron chi connectivity index (χ0n) is 12.4. The minimum Gasteiger partial charge on any atom is -0.460 e. The Labute approximate surface area is 145 Å². The Morgan fingerprint density at radius 2 is 2.21 bits per heavy atom. The van der Waals surface area contributed by atoms with Gasteiger partial charge in [-0.25, -0.2) is 0 Å². The first-order chi connectivity index (χ1) is 11.2. The van der Waals surface area contributed by atoms with Crippen molar-refractivity contribution in [3.8, 4) is 0 Å². The Morgan fingerprint density at radius 1 is 1.54 bits per heavy atom. The van der Waals surface area contributed by atoms with Crippen molar-refractivity contribution >= 4 is 41.1 Å². The van der Waals surface area contributed by atoms with E-state index >= 15 is 0 Å². The van der Waals surface area contributed by atoms with E-state index < -0.39 is 28.8 Å². The fourth-order valence-corrected chi connectivity index (χ4v) is 2.30. The molecule has 0 amide bonds. The van der Waals surface area contributed by atoms with Gasteiger partial charge in [-0.3, -0.25) is 15.5 Å². The van der Waals surface area contributed by atoms with Gasteiger partial charge in [0.2, 0.25) is 0 Å². The molecule has 0 fully saturated rings. The maximum Gasteiger partial charge on any atom is 0.418 e. The van der Waals surface area contributed by atoms with Crippen LogP contribution < -0.4 is 5.48 Å². The minimum absolute atomic E-state index is 0.154. The van der Waals surface area contributed by atoms with Crippen molar-refractivity contribution in [2.45, 2.75) is 31.3 Å². The number of ether oxygens (including phenoxy) is 1. The molecule has 1 aliphatic carbocycles. The number of hydrogen-bond donors (Lipinski definition) is 2. The molecule has 0 heterocycles. The van der Waals surface area contributed by atoms with Crippen LogP contribution >= 0.6 is 23.2 Å². The molecule has 0 aromatic carbocycles. The highest BCUT2D eigenvalue weighted by atomic mass is 35.5. The summed E-state index contributed by atoms with van der Waals surface area (Å²) in [6.45, 7) is 1.66. The van der Waals surface area contributed by atoms with Gasteiger partial charge in [0.15, 0.2) is 0 Å². The molecule has 2 N–H and O–H groups in total. The number of allylic oxidation sites excluding steroid dienone is 4. The lowest BCUT2D eigenvalue weighted by molar-refractivity contribution is -0.141. The van der Waals surface area contributed by atoms with E-state index in [0.717, 1.165) is 6.21 Å². The quantitative estimate of drug-likeness (QED) is 0.317. The number of carbonyl (C=O) groups excluding carboxylic acids is 1. The number of nitrogens with one attached hydrogen (secondary N) is 1. The molecule has 0 spiro atoms. The number of alkyl halides is 4. The zero-order valence-corrected chi connectivity index (χ0v) is 13.9. The van der Waals surface area contributed by atoms with E-state index in [4.69, 9.17) is 33.1 Å². The lowest BCUT2D eigenvalue weighted by Gasteiger charge is -2.23. The minimum atomic E-state index is -4.76. The normalized spacial score (nSPS) is 20.5. The van der Waals surface area contributed by atoms with Crippen LogP contribution in [-0.4, -0.2) is 41.3 Å². The predicted molar refractivity (Wildman–Crippen MR) is 83.4 cm³/mol. The maximum absolute atomic E-state index is 12.9. The molecule has 0 aromatic heterocycles. The third kappa shape index (κ3) is 5.50. The average molecular weight is 388 g/mol. The van der Waals surface area contributed by atoms with Crippen LogP contribution in [0.15, 0.2) is 32.6 Å². The van der Waals surface area contributed by atoms with Gasteiger partial charge in [-0.1, -0.05) is 18.5 Å². The molecule has 0 radical (unpaired) electrons. The Kier molecular flexibility index (Phi) is 7.71. The number of halogens is 5. The molecule has 1 rings (SSSR count). The highest BCUT2D eigenvalue weighted by Gasteiger charge is 2.41. The van der Waals surface area contributed by atoms with Crippen molar-refractivity contribution in [3.05, 3.63) is 22.4 Å². The average Bonchev–Trinajstić information content (AvgIpc) is 2.48. The molecular weight excluding hydrogens is 374 g/mol. The van der Waals surface area contributed by atoms with Gasteiger partial charge >= 0.3 is 12.1 Å². The molecule has 1 aliphatic rings. The van der Waals surface area contributed by atoms with Crippen molar-refractivity contribution in [1.82, 2.24) is 5.48 Å². The van der Waals surface area contributed by atoms with E-state index in [1.165, 1.54) is 5.48 Å². The molecule has 0 aliphatic heterocycles. The molecule has 134 valence electrons. The summed E-state index contributed by atoms with van der Waals surface area (Å²) in [4.78, 5) is 11.1. The number of hydroxylamine groups is 1. The molecule has 0 saturated carbocycles. The zero-order chi connectivity index (χ0) is 18.3. The number of nitrogens with zero attached hydrogens (tertiary/aromatic N) is 2. The topological polar surface area (TPSA) is 83.3 Å². The van der Waals surface area contributed by atoms with Crippen molar-refractivity contribution in [2.24, 2.45) is 10.2 Å². The third-order valence-corrected chi connectivity index (χ3v) is 3.47. The summed E-state index contributed by atoms with van der Waals surface area (Å²) in [5, 5.41) is 14.2. The molecular formula is C13H14Cl2F3N3O3. The summed E-state index contributed by atoms with van der Waals surface area (Å²) in [7, 11) is 0. The Hall–Kier alpha value is -1.58. The summed E-state index contributed by atoms with van der Waals surface area (Å²) >= 11 is 11.6. The van der Waals surface area contributed by atoms with Crippen LogP contribution in [0.1, 0.15) is 19.8 Å². The summed E-state index contributed by atoms with van der Waals surface area (Å²) in [5.41, 5.74) is -0.709. The lowest BCUT2D eigenvalue weighted by atomic mass is 10.0. The highest BCUT2D eigenvalue weighted by molar-refractivity contribution is 6.51. The number of carbonyl (C=O) groups is 1. The van der Waals surface area contributed by atoms with Gasteiger partial charge < -0.3 is 4.74 Å². The second kappa shape index (κ2) is 9.05. The van der Waals surface area contributed by atoms with Gasteiger partial charge in [-0.2, -0.15) is 23.4 Å². The molecule has 1 unspecified atom stereocenters. The second-order valence-corrected chi connectivity index (χ2v) is 5.35. The largest absolute Gasteiger partial charge is 0.460 e. The molecule has 24 heavy (non-hydrogen) atoms. The van der Waals surface area contributed by atoms with Crippen LogP contribution in [0.25, 0.3) is 0 Å². The van der Waals surface area contributed by atoms with Gasteiger partial charge in [0, 0.05) is 6.42 Å². The fraction of sp³-hybridized carbons (Fsp3) is 0.462. The first-order valence-electron chi connectivity index (χ1n) is 6.70. The van der Waals surface area contributed by atoms with Gasteiger partial charge in [-0.05, 0) is 12.5 Å². The van der Waals surface area contributed by atoms with E-state index in [9.17, 15) is 18.0 Å². The molecule has 6 nitrogen and oxygen atoms in total. The number of rotatable bonds is 6. The lowest BCUT2D eigenvalue weighted by Crippen LogP contribution is -2.33. The SMILES string of the molecule is CCCC(=O)OCC=NN=C1C(Cl)=CC(C(F)(F)F)=C(NO)C1Cl. The summed E-state index contributed by atoms with van der Waals surface area (Å²) in [6.07, 6.45) is -2.16. The van der Waals surface area contributed by atoms with E-state index in [0.29, 0.717) is 12.5 Å². The van der Waals surface area contributed by atoms with Crippen molar-refractivity contribution < 1.29 is 27.9 Å². The first kappa shape index (κ1) is 20.5. The smallest absolute Gasteiger partial charge is 0.418 e. The van der Waals surface area contributed by atoms with Crippen LogP contribution in [0.5, 0.6) is 0 Å². The van der Waals surface area contributed by atoms with Crippen LogP contribution in [0.2, 0.25) is 0 Å². The van der Waals surface area contributed by atoms with Crippen LogP contribution in [0.3, 0.4) is 0 Å². The Morgan fingerprint density at radius 3 is 2.75 bits per heavy atom. The summed E-state index contributed by atoms with van der Waals surface area (Å²) < 4.78 is 43.3. The van der Waals surface area contributed by atoms with Crippen LogP contribution in [-0.2, 0) is 9.53 Å². The predicted octanol–water partition coefficient (Wildman–Crippen LogP) is 3.30. The summed E-state index contributed by atoms with van der Waals surface area (Å²) in [6, 6.07) is 0. The van der Waals surface area contributed by atoms with E-state index in [1.807, 2.05) is 6.92 Å². The number of hydrogen-bond acceptors (Lipinski definition) is 6. The molecule has 0 saturated heterocycles. The molecule has 1 atom stereocenters. The fourth-order valence-electron chi connectivity index (χ4n) is 1.67. The van der Waals surface area contributed by atoms with Gasteiger partial charge in [0.05, 0.1) is 22.5 Å². The van der Waals surface area contributed by atoms with Gasteiger partial charge in [0.1, 0.15) is 17.7 Å². The van der Waals surface area contributed by atoms with Crippen molar-refractivity contribution in [1.29, 1.82) is 0 Å². The van der Waals surface area contributed by atoms with Crippen molar-refractivity contribution in [2.75, 3.05) is 6.61 Å². The standard InChI is InChI=1S/C13H14Cl2F3N3O3/c1-2-3-9(22)24-5-4-19-20-12-8(14)6-7(13(16,17)18)11(21-23)10(12)15/h4,6,10,21,23H,2-3,5H2,1H3. The first-order valence-corrected chi connectivity index (χ1v) is 7.51. The second-order valence-electron chi connectivity index (χ2n) is 4.51. The van der Waals surface area contributed by atoms with Crippen LogP contribution in [0, 0.1) is 0 Å². The van der Waals surface area contributed by atoms with E-state index in [1.54, 1.807) is 0 Å². The van der Waals surface area contributed by atoms with Gasteiger partial charge in [-0.15, -0.1) is 11.6 Å². The molecule has 0 aromatic rings. The monoisotopic (exact) mass is 387 g/mol. The van der Waals surface area contributed by atoms with Crippen molar-refractivity contribution in [3.63, 3.8) is 0 Å². The summed E-state index contributed by atoms with van der Waals surface area (Å²) in [5.74, 6) is -0.410. The Balaban J connectivity index is 2.86. The number of esters is 1. The third-order valence-electron chi connectivity index (χ3n) is 2.75. The molecule has 11 heteroatoms. The van der Waals surface area contributed by atoms with E-state index in [-0.39, 0.29) is 23.8 Å². The molecule has 0 bridgehead atoms. The van der Waals surface area contributed by atoms with Crippen LogP contribution in [0.4, 0.5) is 13.2 Å². The Bertz CT molecular complexity index is 601. The van der Waals surface area contributed by atoms with Gasteiger partial charge in [0.25, 0.3) is 0 Å². The highest BCUT2D eigenvalue weighted by Crippen LogP contribution is 2.36.